The zero-order valence-corrected chi connectivity index (χ0v) is 18.9. The molecule has 1 aromatic heterocycles. The summed E-state index contributed by atoms with van der Waals surface area (Å²) in [6, 6.07) is -1.14. The summed E-state index contributed by atoms with van der Waals surface area (Å²) < 4.78 is 10.3. The average molecular weight is 444 g/mol. The van der Waals surface area contributed by atoms with E-state index in [9.17, 15) is 24.0 Å². The average Bonchev–Trinajstić information content (AvgIpc) is 3.19. The predicted octanol–water partition coefficient (Wildman–Crippen LogP) is 2.26. The van der Waals surface area contributed by atoms with Crippen LogP contribution in [0, 0.1) is 25.7 Å². The number of aromatic amines is 1. The molecule has 0 aromatic carbocycles. The second-order valence-electron chi connectivity index (χ2n) is 8.17. The summed E-state index contributed by atoms with van der Waals surface area (Å²) in [5.41, 5.74) is 1.29. The van der Waals surface area contributed by atoms with E-state index in [0.717, 1.165) is 4.90 Å². The zero-order valence-electron chi connectivity index (χ0n) is 18.9. The molecule has 2 amide bonds. The maximum Gasteiger partial charge on any atom is 0.340 e. The van der Waals surface area contributed by atoms with Gasteiger partial charge < -0.3 is 14.5 Å². The SMILES string of the molecule is CCOC(=O)c1c(C)[nH]c(C(=O)[C@H](C)OC(=O)[C@H](C)N2C(=O)[C@@H]3CC=CC[C@H]3C2=O)c1C. The number of carbonyl (C=O) groups excluding carboxylic acids is 5. The molecule has 4 atom stereocenters. The molecule has 1 fully saturated rings. The fourth-order valence-corrected chi connectivity index (χ4v) is 4.35. The lowest BCUT2D eigenvalue weighted by atomic mass is 9.85. The first-order chi connectivity index (χ1) is 15.1. The van der Waals surface area contributed by atoms with E-state index >= 15 is 0 Å². The molecule has 32 heavy (non-hydrogen) atoms. The topological polar surface area (TPSA) is 123 Å². The third kappa shape index (κ3) is 3.99. The van der Waals surface area contributed by atoms with Crippen LogP contribution in [-0.2, 0) is 23.9 Å². The number of esters is 2. The zero-order chi connectivity index (χ0) is 23.7. The van der Waals surface area contributed by atoms with Crippen LogP contribution in [-0.4, -0.2) is 58.2 Å². The summed E-state index contributed by atoms with van der Waals surface area (Å²) in [5.74, 6) is -3.59. The molecule has 1 aliphatic carbocycles. The fourth-order valence-electron chi connectivity index (χ4n) is 4.35. The Morgan fingerprint density at radius 1 is 1.09 bits per heavy atom. The van der Waals surface area contributed by atoms with Crippen molar-refractivity contribution in [1.29, 1.82) is 0 Å². The highest BCUT2D eigenvalue weighted by molar-refractivity contribution is 6.08. The van der Waals surface area contributed by atoms with E-state index in [1.54, 1.807) is 20.8 Å². The molecule has 1 N–H and O–H groups in total. The van der Waals surface area contributed by atoms with Crippen LogP contribution in [0.25, 0.3) is 0 Å². The van der Waals surface area contributed by atoms with E-state index in [2.05, 4.69) is 4.98 Å². The van der Waals surface area contributed by atoms with E-state index in [0.29, 0.717) is 24.1 Å². The van der Waals surface area contributed by atoms with Gasteiger partial charge in [-0.15, -0.1) is 0 Å². The lowest BCUT2D eigenvalue weighted by Gasteiger charge is -2.23. The molecule has 1 aliphatic heterocycles. The van der Waals surface area contributed by atoms with E-state index in [-0.39, 0.29) is 29.7 Å². The van der Waals surface area contributed by atoms with Crippen LogP contribution < -0.4 is 0 Å². The number of carbonyl (C=O) groups is 5. The molecule has 0 spiro atoms. The van der Waals surface area contributed by atoms with Gasteiger partial charge in [0.15, 0.2) is 6.10 Å². The largest absolute Gasteiger partial charge is 0.462 e. The van der Waals surface area contributed by atoms with Crippen LogP contribution in [0.2, 0.25) is 0 Å². The Bertz CT molecular complexity index is 980. The highest BCUT2D eigenvalue weighted by Crippen LogP contribution is 2.36. The van der Waals surface area contributed by atoms with Gasteiger partial charge in [-0.05, 0) is 53.0 Å². The van der Waals surface area contributed by atoms with Gasteiger partial charge in [0.25, 0.3) is 0 Å². The smallest absolute Gasteiger partial charge is 0.340 e. The van der Waals surface area contributed by atoms with E-state index in [4.69, 9.17) is 9.47 Å². The Kier molecular flexibility index (Phi) is 6.66. The molecule has 2 heterocycles. The Labute approximate surface area is 186 Å². The predicted molar refractivity (Wildman–Crippen MR) is 113 cm³/mol. The van der Waals surface area contributed by atoms with Gasteiger partial charge >= 0.3 is 11.9 Å². The summed E-state index contributed by atoms with van der Waals surface area (Å²) in [5, 5.41) is 0. The number of imide groups is 1. The number of nitrogens with one attached hydrogen (secondary N) is 1. The van der Waals surface area contributed by atoms with Crippen LogP contribution in [0.15, 0.2) is 12.2 Å². The van der Waals surface area contributed by atoms with Gasteiger partial charge in [-0.3, -0.25) is 19.3 Å². The molecule has 0 bridgehead atoms. The van der Waals surface area contributed by atoms with Crippen molar-refractivity contribution in [2.24, 2.45) is 11.8 Å². The number of hydrogen-bond acceptors (Lipinski definition) is 7. The Morgan fingerprint density at radius 3 is 2.19 bits per heavy atom. The molecule has 1 saturated heterocycles. The van der Waals surface area contributed by atoms with E-state index in [1.165, 1.54) is 13.8 Å². The van der Waals surface area contributed by atoms with Crippen molar-refractivity contribution in [1.82, 2.24) is 9.88 Å². The molecule has 9 heteroatoms. The summed E-state index contributed by atoms with van der Waals surface area (Å²) >= 11 is 0. The van der Waals surface area contributed by atoms with Gasteiger partial charge in [0.1, 0.15) is 6.04 Å². The first-order valence-corrected chi connectivity index (χ1v) is 10.7. The number of aromatic nitrogens is 1. The Hall–Kier alpha value is -3.23. The maximum atomic E-state index is 12.9. The van der Waals surface area contributed by atoms with Gasteiger partial charge in [0.05, 0.1) is 29.7 Å². The molecular weight excluding hydrogens is 416 g/mol. The molecule has 0 unspecified atom stereocenters. The maximum absolute atomic E-state index is 12.9. The number of Topliss-reactive ketones (excluding diaryl/α,β-unsaturated/α-hetero) is 1. The number of ether oxygens (including phenoxy) is 2. The number of hydrogen-bond donors (Lipinski definition) is 1. The molecule has 0 radical (unpaired) electrons. The number of ketones is 1. The van der Waals surface area contributed by atoms with E-state index in [1.807, 2.05) is 12.2 Å². The minimum Gasteiger partial charge on any atom is -0.462 e. The monoisotopic (exact) mass is 444 g/mol. The van der Waals surface area contributed by atoms with Gasteiger partial charge in [0.2, 0.25) is 17.6 Å². The number of amides is 2. The fraction of sp³-hybridized carbons (Fsp3) is 0.522. The van der Waals surface area contributed by atoms with Gasteiger partial charge in [-0.1, -0.05) is 12.2 Å². The molecule has 9 nitrogen and oxygen atoms in total. The quantitative estimate of drug-likeness (QED) is 0.296. The van der Waals surface area contributed by atoms with Crippen molar-refractivity contribution in [2.45, 2.75) is 59.6 Å². The van der Waals surface area contributed by atoms with Gasteiger partial charge in [0, 0.05) is 5.69 Å². The van der Waals surface area contributed by atoms with Crippen molar-refractivity contribution < 1.29 is 33.4 Å². The molecule has 172 valence electrons. The second-order valence-corrected chi connectivity index (χ2v) is 8.17. The lowest BCUT2D eigenvalue weighted by molar-refractivity contribution is -0.159. The number of H-pyrrole nitrogens is 1. The second kappa shape index (κ2) is 9.10. The number of rotatable bonds is 7. The molecular formula is C23H28N2O7. The minimum atomic E-state index is -1.19. The first kappa shape index (κ1) is 23.4. The standard InChI is InChI=1S/C23H28N2O7/c1-6-31-23(30)17-11(2)18(24-12(17)3)19(26)14(5)32-22(29)13(4)25-20(27)15-9-7-8-10-16(15)21(25)28/h7-8,13-16,24H,6,9-10H2,1-5H3/t13-,14-,15+,16+/m0/s1. The van der Waals surface area contributed by atoms with Crippen molar-refractivity contribution in [3.05, 3.63) is 34.7 Å². The number of fused-ring (bicyclic) bond motifs is 1. The van der Waals surface area contributed by atoms with Crippen molar-refractivity contribution in [3.8, 4) is 0 Å². The van der Waals surface area contributed by atoms with Crippen LogP contribution >= 0.6 is 0 Å². The lowest BCUT2D eigenvalue weighted by Crippen LogP contribution is -2.45. The molecule has 1 aromatic rings. The van der Waals surface area contributed by atoms with E-state index < -0.39 is 41.7 Å². The van der Waals surface area contributed by atoms with Gasteiger partial charge in [-0.2, -0.15) is 0 Å². The molecule has 3 rings (SSSR count). The minimum absolute atomic E-state index is 0.143. The van der Waals surface area contributed by atoms with Gasteiger partial charge in [-0.25, -0.2) is 9.59 Å². The first-order valence-electron chi connectivity index (χ1n) is 10.7. The summed E-state index contributed by atoms with van der Waals surface area (Å²) in [4.78, 5) is 67.0. The highest BCUT2D eigenvalue weighted by Gasteiger charge is 2.50. The summed E-state index contributed by atoms with van der Waals surface area (Å²) in [7, 11) is 0. The number of allylic oxidation sites excluding steroid dienone is 2. The molecule has 0 saturated carbocycles. The third-order valence-corrected chi connectivity index (χ3v) is 6.10. The highest BCUT2D eigenvalue weighted by atomic mass is 16.5. The van der Waals surface area contributed by atoms with Crippen molar-refractivity contribution >= 4 is 29.5 Å². The molecule has 2 aliphatic rings. The van der Waals surface area contributed by atoms with Crippen LogP contribution in [0.1, 0.15) is 65.7 Å². The normalized spacial score (nSPS) is 21.8. The summed E-state index contributed by atoms with van der Waals surface area (Å²) in [6.07, 6.45) is 3.48. The van der Waals surface area contributed by atoms with Crippen LogP contribution in [0.4, 0.5) is 0 Å². The summed E-state index contributed by atoms with van der Waals surface area (Å²) in [6.45, 7) is 7.97. The van der Waals surface area contributed by atoms with Crippen molar-refractivity contribution in [2.75, 3.05) is 6.61 Å². The van der Waals surface area contributed by atoms with Crippen LogP contribution in [0.3, 0.4) is 0 Å². The van der Waals surface area contributed by atoms with Crippen molar-refractivity contribution in [3.63, 3.8) is 0 Å². The van der Waals surface area contributed by atoms with Crippen LogP contribution in [0.5, 0.6) is 0 Å². The number of aryl methyl sites for hydroxylation is 1. The Morgan fingerprint density at radius 2 is 1.66 bits per heavy atom. The Balaban J connectivity index is 1.71. The number of nitrogens with zero attached hydrogens (tertiary/aromatic N) is 1. The number of likely N-dealkylation sites (tertiary alicyclic amines) is 1. The third-order valence-electron chi connectivity index (χ3n) is 6.10.